The molecular formula is C25H20ClIN2O3S. The van der Waals surface area contributed by atoms with E-state index in [0.717, 1.165) is 22.4 Å². The Hall–Kier alpha value is -2.49. The van der Waals surface area contributed by atoms with Crippen molar-refractivity contribution < 1.29 is 14.3 Å². The normalized spacial score (nSPS) is 15.7. The zero-order valence-electron chi connectivity index (χ0n) is 17.9. The Kier molecular flexibility index (Phi) is 7.62. The average molecular weight is 591 g/mol. The highest BCUT2D eigenvalue weighted by Crippen LogP contribution is 2.33. The molecule has 1 N–H and O–H groups in total. The van der Waals surface area contributed by atoms with Crippen molar-refractivity contribution in [3.63, 3.8) is 0 Å². The fraction of sp³-hybridized carbons (Fsp3) is 0.120. The Labute approximate surface area is 215 Å². The summed E-state index contributed by atoms with van der Waals surface area (Å²) in [5.41, 5.74) is 3.60. The second-order valence-corrected chi connectivity index (χ2v) is 9.95. The number of ether oxygens (including phenoxy) is 2. The summed E-state index contributed by atoms with van der Waals surface area (Å²) in [7, 11) is 1.60. The molecular weight excluding hydrogens is 571 g/mol. The minimum atomic E-state index is -0.198. The Morgan fingerprint density at radius 2 is 1.88 bits per heavy atom. The van der Waals surface area contributed by atoms with Crippen LogP contribution >= 0.6 is 46.0 Å². The summed E-state index contributed by atoms with van der Waals surface area (Å²) in [4.78, 5) is 17.6. The van der Waals surface area contributed by atoms with Gasteiger partial charge >= 0.3 is 0 Å². The minimum absolute atomic E-state index is 0.198. The van der Waals surface area contributed by atoms with Crippen LogP contribution in [-0.2, 0) is 11.4 Å². The summed E-state index contributed by atoms with van der Waals surface area (Å²) >= 11 is 9.63. The molecule has 1 amide bonds. The van der Waals surface area contributed by atoms with Crippen molar-refractivity contribution in [1.29, 1.82) is 0 Å². The van der Waals surface area contributed by atoms with E-state index in [0.29, 0.717) is 33.2 Å². The van der Waals surface area contributed by atoms with Crippen molar-refractivity contribution in [3.8, 4) is 11.5 Å². The second kappa shape index (κ2) is 10.6. The van der Waals surface area contributed by atoms with Gasteiger partial charge in [0.1, 0.15) is 6.61 Å². The Morgan fingerprint density at radius 1 is 1.09 bits per heavy atom. The maximum absolute atomic E-state index is 12.5. The highest BCUT2D eigenvalue weighted by Gasteiger charge is 2.24. The first kappa shape index (κ1) is 23.7. The third-order valence-electron chi connectivity index (χ3n) is 4.84. The molecule has 0 unspecified atom stereocenters. The molecule has 0 radical (unpaired) electrons. The Bertz CT molecular complexity index is 1260. The molecule has 0 aromatic heterocycles. The molecule has 4 rings (SSSR count). The number of nitrogens with one attached hydrogen (secondary N) is 1. The second-order valence-electron chi connectivity index (χ2n) is 7.24. The lowest BCUT2D eigenvalue weighted by atomic mass is 10.2. The molecule has 8 heteroatoms. The lowest BCUT2D eigenvalue weighted by molar-refractivity contribution is -0.115. The van der Waals surface area contributed by atoms with Gasteiger partial charge in [-0.25, -0.2) is 4.99 Å². The smallest absolute Gasteiger partial charge is 0.264 e. The first-order valence-corrected chi connectivity index (χ1v) is 12.3. The van der Waals surface area contributed by atoms with Crippen LogP contribution in [0.25, 0.3) is 6.08 Å². The standard InChI is InChI=1S/C25H20ClIN2O3S/c1-15-3-7-18(26)13-20(15)28-25-29-24(30)23(33-25)12-17-6-10-21(22(11-17)31-2)32-14-16-4-8-19(27)9-5-16/h3-13H,14H2,1-2H3,(H,28,29,30)/b23-12-. The van der Waals surface area contributed by atoms with Gasteiger partial charge in [-0.2, -0.15) is 0 Å². The molecule has 1 aliphatic rings. The van der Waals surface area contributed by atoms with E-state index in [2.05, 4.69) is 32.9 Å². The molecule has 3 aromatic rings. The number of rotatable bonds is 6. The summed E-state index contributed by atoms with van der Waals surface area (Å²) in [6.45, 7) is 2.39. The van der Waals surface area contributed by atoms with Crippen LogP contribution in [0.5, 0.6) is 11.5 Å². The van der Waals surface area contributed by atoms with Crippen LogP contribution in [0.3, 0.4) is 0 Å². The van der Waals surface area contributed by atoms with Crippen LogP contribution in [0.1, 0.15) is 16.7 Å². The van der Waals surface area contributed by atoms with Gasteiger partial charge in [0.25, 0.3) is 5.91 Å². The van der Waals surface area contributed by atoms with Gasteiger partial charge in [-0.05, 0) is 100 Å². The van der Waals surface area contributed by atoms with Crippen LogP contribution in [0.4, 0.5) is 5.69 Å². The number of aliphatic imine (C=N–C) groups is 1. The molecule has 0 spiro atoms. The largest absolute Gasteiger partial charge is 0.493 e. The molecule has 1 heterocycles. The maximum atomic E-state index is 12.5. The highest BCUT2D eigenvalue weighted by atomic mass is 127. The molecule has 0 aliphatic carbocycles. The predicted molar refractivity (Wildman–Crippen MR) is 143 cm³/mol. The molecule has 0 bridgehead atoms. The number of halogens is 2. The van der Waals surface area contributed by atoms with Crippen molar-refractivity contribution in [3.05, 3.63) is 90.9 Å². The van der Waals surface area contributed by atoms with E-state index in [-0.39, 0.29) is 5.91 Å². The van der Waals surface area contributed by atoms with Crippen molar-refractivity contribution in [2.75, 3.05) is 7.11 Å². The number of methoxy groups -OCH3 is 1. The molecule has 33 heavy (non-hydrogen) atoms. The molecule has 3 aromatic carbocycles. The number of amidine groups is 1. The molecule has 0 saturated carbocycles. The number of aryl methyl sites for hydroxylation is 1. The SMILES string of the molecule is COc1cc(/C=C2\SC(=Nc3cc(Cl)ccc3C)NC2=O)ccc1OCc1ccc(I)cc1. The summed E-state index contributed by atoms with van der Waals surface area (Å²) in [5, 5.41) is 3.92. The third-order valence-corrected chi connectivity index (χ3v) is 6.70. The van der Waals surface area contributed by atoms with Crippen LogP contribution in [0.2, 0.25) is 5.02 Å². The first-order valence-electron chi connectivity index (χ1n) is 10.0. The quantitative estimate of drug-likeness (QED) is 0.255. The van der Waals surface area contributed by atoms with Gasteiger partial charge in [0, 0.05) is 8.59 Å². The van der Waals surface area contributed by atoms with Gasteiger partial charge in [0.05, 0.1) is 17.7 Å². The molecule has 1 aliphatic heterocycles. The number of carbonyl (C=O) groups is 1. The number of benzene rings is 3. The highest BCUT2D eigenvalue weighted by molar-refractivity contribution is 14.1. The Morgan fingerprint density at radius 3 is 2.64 bits per heavy atom. The van der Waals surface area contributed by atoms with Crippen molar-refractivity contribution in [2.24, 2.45) is 4.99 Å². The predicted octanol–water partition coefficient (Wildman–Crippen LogP) is 6.73. The van der Waals surface area contributed by atoms with Gasteiger partial charge in [0.15, 0.2) is 16.7 Å². The van der Waals surface area contributed by atoms with Crippen molar-refractivity contribution in [1.82, 2.24) is 5.32 Å². The fourth-order valence-electron chi connectivity index (χ4n) is 3.08. The van der Waals surface area contributed by atoms with Gasteiger partial charge in [-0.15, -0.1) is 0 Å². The van der Waals surface area contributed by atoms with E-state index in [4.69, 9.17) is 21.1 Å². The molecule has 5 nitrogen and oxygen atoms in total. The minimum Gasteiger partial charge on any atom is -0.493 e. The van der Waals surface area contributed by atoms with Crippen molar-refractivity contribution in [2.45, 2.75) is 13.5 Å². The number of nitrogens with zero attached hydrogens (tertiary/aromatic N) is 1. The van der Waals surface area contributed by atoms with E-state index in [9.17, 15) is 4.79 Å². The van der Waals surface area contributed by atoms with E-state index >= 15 is 0 Å². The number of hydrogen-bond acceptors (Lipinski definition) is 5. The third kappa shape index (κ3) is 6.10. The van der Waals surface area contributed by atoms with Crippen molar-refractivity contribution >= 4 is 68.8 Å². The molecule has 168 valence electrons. The topological polar surface area (TPSA) is 59.9 Å². The van der Waals surface area contributed by atoms with Gasteiger partial charge in [0.2, 0.25) is 0 Å². The number of hydrogen-bond donors (Lipinski definition) is 1. The molecule has 1 fully saturated rings. The average Bonchev–Trinajstić information content (AvgIpc) is 3.14. The van der Waals surface area contributed by atoms with E-state index in [1.807, 2.05) is 61.5 Å². The van der Waals surface area contributed by atoms with Crippen LogP contribution in [-0.4, -0.2) is 18.2 Å². The van der Waals surface area contributed by atoms with Crippen LogP contribution in [0, 0.1) is 10.5 Å². The van der Waals surface area contributed by atoms with Crippen LogP contribution < -0.4 is 14.8 Å². The number of carbonyl (C=O) groups excluding carboxylic acids is 1. The molecule has 1 saturated heterocycles. The van der Waals surface area contributed by atoms with E-state index in [1.165, 1.54) is 15.3 Å². The number of thioether (sulfide) groups is 1. The van der Waals surface area contributed by atoms with E-state index < -0.39 is 0 Å². The zero-order valence-corrected chi connectivity index (χ0v) is 21.6. The Balaban J connectivity index is 1.50. The van der Waals surface area contributed by atoms with Gasteiger partial charge < -0.3 is 14.8 Å². The maximum Gasteiger partial charge on any atom is 0.264 e. The monoisotopic (exact) mass is 590 g/mol. The van der Waals surface area contributed by atoms with Gasteiger partial charge in [-0.1, -0.05) is 35.9 Å². The van der Waals surface area contributed by atoms with E-state index in [1.54, 1.807) is 19.3 Å². The first-order chi connectivity index (χ1) is 15.9. The summed E-state index contributed by atoms with van der Waals surface area (Å²) in [6.07, 6.45) is 1.80. The number of amides is 1. The summed E-state index contributed by atoms with van der Waals surface area (Å²) < 4.78 is 12.6. The lowest BCUT2D eigenvalue weighted by Crippen LogP contribution is -2.19. The lowest BCUT2D eigenvalue weighted by Gasteiger charge is -2.11. The fourth-order valence-corrected chi connectivity index (χ4v) is 4.44. The zero-order chi connectivity index (χ0) is 23.4. The van der Waals surface area contributed by atoms with Crippen LogP contribution in [0.15, 0.2) is 70.6 Å². The summed E-state index contributed by atoms with van der Waals surface area (Å²) in [5.74, 6) is 1.04. The summed E-state index contributed by atoms with van der Waals surface area (Å²) in [6, 6.07) is 19.2. The van der Waals surface area contributed by atoms with Gasteiger partial charge in [-0.3, -0.25) is 4.79 Å². The molecule has 0 atom stereocenters.